The van der Waals surface area contributed by atoms with Crippen LogP contribution in [0.1, 0.15) is 39.5 Å². The van der Waals surface area contributed by atoms with Gasteiger partial charge in [0.25, 0.3) is 0 Å². The van der Waals surface area contributed by atoms with Crippen LogP contribution in [0.3, 0.4) is 0 Å². The number of ether oxygens (including phenoxy) is 1. The van der Waals surface area contributed by atoms with Gasteiger partial charge in [-0.1, -0.05) is 6.92 Å². The van der Waals surface area contributed by atoms with E-state index in [0.717, 1.165) is 25.0 Å². The van der Waals surface area contributed by atoms with Crippen LogP contribution in [-0.4, -0.2) is 42.8 Å². The van der Waals surface area contributed by atoms with E-state index in [0.29, 0.717) is 12.6 Å². The average molecular weight is 226 g/mol. The van der Waals surface area contributed by atoms with Crippen molar-refractivity contribution in [2.24, 2.45) is 11.7 Å². The molecule has 2 atom stereocenters. The van der Waals surface area contributed by atoms with E-state index in [1.807, 2.05) is 0 Å². The standard InChI is InChI=1S/C13H26N2O/c1-10-3-5-12(6-4-10)15-8-11(2)16-13(7-14)9-15/h10-13H,3-9,14H2,1-2H3. The number of hydrogen-bond donors (Lipinski definition) is 1. The van der Waals surface area contributed by atoms with Gasteiger partial charge in [-0.15, -0.1) is 0 Å². The van der Waals surface area contributed by atoms with E-state index in [-0.39, 0.29) is 6.10 Å². The fraction of sp³-hybridized carbons (Fsp3) is 1.00. The maximum absolute atomic E-state index is 5.81. The smallest absolute Gasteiger partial charge is 0.0828 e. The molecular formula is C13H26N2O. The summed E-state index contributed by atoms with van der Waals surface area (Å²) in [7, 11) is 0. The SMILES string of the molecule is CC1CCC(N2CC(C)OC(CN)C2)CC1. The van der Waals surface area contributed by atoms with Crippen LogP contribution in [0.5, 0.6) is 0 Å². The Morgan fingerprint density at radius 1 is 1.12 bits per heavy atom. The number of nitrogens with two attached hydrogens (primary N) is 1. The van der Waals surface area contributed by atoms with E-state index >= 15 is 0 Å². The van der Waals surface area contributed by atoms with Gasteiger partial charge in [-0.25, -0.2) is 0 Å². The molecule has 2 rings (SSSR count). The zero-order chi connectivity index (χ0) is 11.5. The van der Waals surface area contributed by atoms with Crippen molar-refractivity contribution in [2.45, 2.75) is 57.8 Å². The van der Waals surface area contributed by atoms with Gasteiger partial charge in [0.15, 0.2) is 0 Å². The van der Waals surface area contributed by atoms with Crippen molar-refractivity contribution < 1.29 is 4.74 Å². The molecule has 0 spiro atoms. The summed E-state index contributed by atoms with van der Waals surface area (Å²) in [5.41, 5.74) is 5.73. The average Bonchev–Trinajstić information content (AvgIpc) is 2.29. The van der Waals surface area contributed by atoms with E-state index in [4.69, 9.17) is 10.5 Å². The van der Waals surface area contributed by atoms with Crippen LogP contribution >= 0.6 is 0 Å². The molecule has 0 aromatic heterocycles. The third-order valence-corrected chi connectivity index (χ3v) is 4.12. The molecule has 0 amide bonds. The van der Waals surface area contributed by atoms with Gasteiger partial charge in [-0.05, 0) is 38.5 Å². The highest BCUT2D eigenvalue weighted by molar-refractivity contribution is 4.84. The van der Waals surface area contributed by atoms with Crippen LogP contribution < -0.4 is 5.73 Å². The first-order chi connectivity index (χ1) is 7.69. The van der Waals surface area contributed by atoms with Gasteiger partial charge in [0.1, 0.15) is 0 Å². The normalized spacial score (nSPS) is 42.2. The van der Waals surface area contributed by atoms with Crippen LogP contribution in [0, 0.1) is 5.92 Å². The first-order valence-electron chi connectivity index (χ1n) is 6.78. The Morgan fingerprint density at radius 2 is 1.81 bits per heavy atom. The lowest BCUT2D eigenvalue weighted by Crippen LogP contribution is -2.53. The minimum Gasteiger partial charge on any atom is -0.371 e. The predicted octanol–water partition coefficient (Wildman–Crippen LogP) is 1.61. The monoisotopic (exact) mass is 226 g/mol. The van der Waals surface area contributed by atoms with Crippen LogP contribution in [0.15, 0.2) is 0 Å². The van der Waals surface area contributed by atoms with Gasteiger partial charge >= 0.3 is 0 Å². The Bertz CT molecular complexity index is 214. The van der Waals surface area contributed by atoms with Crippen LogP contribution in [0.4, 0.5) is 0 Å². The highest BCUT2D eigenvalue weighted by Crippen LogP contribution is 2.28. The van der Waals surface area contributed by atoms with E-state index in [1.54, 1.807) is 0 Å². The molecule has 1 aliphatic heterocycles. The molecule has 2 N–H and O–H groups in total. The van der Waals surface area contributed by atoms with E-state index in [9.17, 15) is 0 Å². The molecular weight excluding hydrogens is 200 g/mol. The van der Waals surface area contributed by atoms with E-state index in [2.05, 4.69) is 18.7 Å². The van der Waals surface area contributed by atoms with E-state index in [1.165, 1.54) is 25.7 Å². The largest absolute Gasteiger partial charge is 0.371 e. The molecule has 0 bridgehead atoms. The first-order valence-corrected chi connectivity index (χ1v) is 6.78. The lowest BCUT2D eigenvalue weighted by Gasteiger charge is -2.43. The number of rotatable bonds is 2. The predicted molar refractivity (Wildman–Crippen MR) is 66.4 cm³/mol. The molecule has 1 heterocycles. The molecule has 3 heteroatoms. The van der Waals surface area contributed by atoms with E-state index < -0.39 is 0 Å². The second-order valence-corrected chi connectivity index (χ2v) is 5.67. The summed E-state index contributed by atoms with van der Waals surface area (Å²) >= 11 is 0. The molecule has 1 saturated carbocycles. The molecule has 2 fully saturated rings. The van der Waals surface area contributed by atoms with Crippen LogP contribution in [-0.2, 0) is 4.74 Å². The Balaban J connectivity index is 1.88. The summed E-state index contributed by atoms with van der Waals surface area (Å²) in [6.07, 6.45) is 6.12. The molecule has 2 unspecified atom stereocenters. The molecule has 1 saturated heterocycles. The van der Waals surface area contributed by atoms with Crippen molar-refractivity contribution in [3.8, 4) is 0 Å². The number of nitrogens with zero attached hydrogens (tertiary/aromatic N) is 1. The Kier molecular flexibility index (Phi) is 4.22. The Hall–Kier alpha value is -0.120. The minimum absolute atomic E-state index is 0.253. The van der Waals surface area contributed by atoms with Gasteiger partial charge in [0.05, 0.1) is 12.2 Å². The van der Waals surface area contributed by atoms with Crippen molar-refractivity contribution in [2.75, 3.05) is 19.6 Å². The topological polar surface area (TPSA) is 38.5 Å². The fourth-order valence-electron chi connectivity index (χ4n) is 3.12. The molecule has 0 aromatic rings. The van der Waals surface area contributed by atoms with Crippen LogP contribution in [0.2, 0.25) is 0 Å². The molecule has 0 radical (unpaired) electrons. The summed E-state index contributed by atoms with van der Waals surface area (Å²) < 4.78 is 5.81. The molecule has 1 aliphatic carbocycles. The Labute approximate surface area is 99.3 Å². The lowest BCUT2D eigenvalue weighted by molar-refractivity contribution is -0.0886. The summed E-state index contributed by atoms with van der Waals surface area (Å²) in [5, 5.41) is 0. The lowest BCUT2D eigenvalue weighted by atomic mass is 9.86. The Morgan fingerprint density at radius 3 is 2.44 bits per heavy atom. The van der Waals surface area contributed by atoms with Gasteiger partial charge in [-0.3, -0.25) is 4.90 Å². The maximum Gasteiger partial charge on any atom is 0.0828 e. The zero-order valence-electron chi connectivity index (χ0n) is 10.7. The van der Waals surface area contributed by atoms with Crippen molar-refractivity contribution in [3.63, 3.8) is 0 Å². The van der Waals surface area contributed by atoms with Gasteiger partial charge < -0.3 is 10.5 Å². The van der Waals surface area contributed by atoms with Crippen molar-refractivity contribution in [1.82, 2.24) is 4.90 Å². The fourth-order valence-corrected chi connectivity index (χ4v) is 3.12. The van der Waals surface area contributed by atoms with Gasteiger partial charge in [0.2, 0.25) is 0 Å². The van der Waals surface area contributed by atoms with Crippen molar-refractivity contribution >= 4 is 0 Å². The second-order valence-electron chi connectivity index (χ2n) is 5.67. The van der Waals surface area contributed by atoms with Crippen molar-refractivity contribution in [3.05, 3.63) is 0 Å². The zero-order valence-corrected chi connectivity index (χ0v) is 10.7. The number of morpholine rings is 1. The summed E-state index contributed by atoms with van der Waals surface area (Å²) in [5.74, 6) is 0.931. The maximum atomic E-state index is 5.81. The summed E-state index contributed by atoms with van der Waals surface area (Å²) in [4.78, 5) is 2.62. The summed E-state index contributed by atoms with van der Waals surface area (Å²) in [6.45, 7) is 7.33. The molecule has 16 heavy (non-hydrogen) atoms. The minimum atomic E-state index is 0.253. The highest BCUT2D eigenvalue weighted by Gasteiger charge is 2.30. The highest BCUT2D eigenvalue weighted by atomic mass is 16.5. The third-order valence-electron chi connectivity index (χ3n) is 4.12. The first kappa shape index (κ1) is 12.3. The third kappa shape index (κ3) is 2.96. The van der Waals surface area contributed by atoms with Gasteiger partial charge in [-0.2, -0.15) is 0 Å². The number of hydrogen-bond acceptors (Lipinski definition) is 3. The molecule has 3 nitrogen and oxygen atoms in total. The molecule has 2 aliphatic rings. The summed E-state index contributed by atoms with van der Waals surface area (Å²) in [6, 6.07) is 0.789. The quantitative estimate of drug-likeness (QED) is 0.777. The molecule has 0 aromatic carbocycles. The second kappa shape index (κ2) is 5.48. The van der Waals surface area contributed by atoms with Crippen LogP contribution in [0.25, 0.3) is 0 Å². The molecule has 94 valence electrons. The van der Waals surface area contributed by atoms with Gasteiger partial charge in [0, 0.05) is 25.7 Å². The van der Waals surface area contributed by atoms with Crippen molar-refractivity contribution in [1.29, 1.82) is 0 Å².